The predicted octanol–water partition coefficient (Wildman–Crippen LogP) is 5.94. The third-order valence-electron chi connectivity index (χ3n) is 7.39. The Labute approximate surface area is 211 Å². The first-order valence-corrected chi connectivity index (χ1v) is 15.6. The molecule has 0 aliphatic carbocycles. The van der Waals surface area contributed by atoms with Crippen molar-refractivity contribution in [2.75, 3.05) is 26.4 Å². The minimum atomic E-state index is -1.78. The minimum Gasteiger partial charge on any atom is -0.493 e. The van der Waals surface area contributed by atoms with Gasteiger partial charge in [-0.1, -0.05) is 44.7 Å². The van der Waals surface area contributed by atoms with E-state index in [2.05, 4.69) is 45.7 Å². The lowest BCUT2D eigenvalue weighted by Gasteiger charge is -2.35. The molecule has 1 aromatic carbocycles. The van der Waals surface area contributed by atoms with Crippen molar-refractivity contribution >= 4 is 8.32 Å². The van der Waals surface area contributed by atoms with Crippen LogP contribution in [0.1, 0.15) is 63.4 Å². The number of nitrogens with zero attached hydrogens (tertiary/aromatic N) is 1. The van der Waals surface area contributed by atoms with Gasteiger partial charge in [0.05, 0.1) is 19.3 Å². The summed E-state index contributed by atoms with van der Waals surface area (Å²) in [6.45, 7) is 17.8. The van der Waals surface area contributed by atoms with E-state index in [0.717, 1.165) is 42.9 Å². The van der Waals surface area contributed by atoms with E-state index >= 15 is 0 Å². The lowest BCUT2D eigenvalue weighted by Crippen LogP contribution is -2.40. The molecule has 0 spiro atoms. The van der Waals surface area contributed by atoms with Gasteiger partial charge in [-0.15, -0.1) is 0 Å². The van der Waals surface area contributed by atoms with Gasteiger partial charge in [0.2, 0.25) is 0 Å². The van der Waals surface area contributed by atoms with E-state index in [9.17, 15) is 4.79 Å². The average molecular weight is 496 g/mol. The SMILES string of the molecule is Cc1cc(OCC2CCOCC2)cc(=O)n1[C@H](C)c1ccc(C#CCO[Si](C)(C)C(C)(C)C)cc1. The van der Waals surface area contributed by atoms with Crippen LogP contribution in [0.25, 0.3) is 0 Å². The highest BCUT2D eigenvalue weighted by atomic mass is 28.4. The van der Waals surface area contributed by atoms with E-state index in [0.29, 0.717) is 24.9 Å². The summed E-state index contributed by atoms with van der Waals surface area (Å²) >= 11 is 0. The first-order valence-electron chi connectivity index (χ1n) is 12.6. The maximum Gasteiger partial charge on any atom is 0.254 e. The summed E-state index contributed by atoms with van der Waals surface area (Å²) in [5.41, 5.74) is 2.85. The zero-order chi connectivity index (χ0) is 25.6. The second kappa shape index (κ2) is 11.6. The zero-order valence-electron chi connectivity index (χ0n) is 22.4. The smallest absolute Gasteiger partial charge is 0.254 e. The molecular weight excluding hydrogens is 454 g/mol. The molecule has 1 saturated heterocycles. The Balaban J connectivity index is 1.63. The van der Waals surface area contributed by atoms with Gasteiger partial charge < -0.3 is 18.5 Å². The van der Waals surface area contributed by atoms with Gasteiger partial charge in [-0.3, -0.25) is 4.79 Å². The molecule has 3 rings (SSSR count). The van der Waals surface area contributed by atoms with Gasteiger partial charge in [-0.25, -0.2) is 0 Å². The van der Waals surface area contributed by atoms with Crippen LogP contribution in [0, 0.1) is 24.7 Å². The van der Waals surface area contributed by atoms with E-state index in [-0.39, 0.29) is 16.6 Å². The van der Waals surface area contributed by atoms with E-state index < -0.39 is 8.32 Å². The first-order chi connectivity index (χ1) is 16.5. The fourth-order valence-corrected chi connectivity index (χ4v) is 4.82. The van der Waals surface area contributed by atoms with Crippen molar-refractivity contribution < 1.29 is 13.9 Å². The maximum atomic E-state index is 12.9. The molecule has 1 atom stereocenters. The van der Waals surface area contributed by atoms with Gasteiger partial charge in [-0.05, 0) is 74.5 Å². The van der Waals surface area contributed by atoms with Crippen molar-refractivity contribution in [1.29, 1.82) is 0 Å². The maximum absolute atomic E-state index is 12.9. The van der Waals surface area contributed by atoms with E-state index in [1.807, 2.05) is 48.7 Å². The molecule has 1 fully saturated rings. The van der Waals surface area contributed by atoms with Gasteiger partial charge in [0.15, 0.2) is 8.32 Å². The molecular formula is C29H41NO4Si. The standard InChI is InChI=1S/C29H41NO4Si/c1-22-19-27(33-21-25-14-17-32-18-15-25)20-28(31)30(22)23(2)26-12-10-24(11-13-26)9-8-16-34-35(6,7)29(3,4)5/h10-13,19-20,23,25H,14-18,21H2,1-7H3/t23-/m1/s1. The Kier molecular flexibility index (Phi) is 9.03. The molecule has 2 aromatic rings. The van der Waals surface area contributed by atoms with Gasteiger partial charge in [0.1, 0.15) is 5.75 Å². The Hall–Kier alpha value is -2.33. The van der Waals surface area contributed by atoms with Gasteiger partial charge in [0.25, 0.3) is 5.56 Å². The fourth-order valence-electron chi connectivity index (χ4n) is 3.95. The predicted molar refractivity (Wildman–Crippen MR) is 145 cm³/mol. The van der Waals surface area contributed by atoms with Crippen LogP contribution < -0.4 is 10.3 Å². The summed E-state index contributed by atoms with van der Waals surface area (Å²) in [5, 5.41) is 0.178. The molecule has 1 aromatic heterocycles. The summed E-state index contributed by atoms with van der Waals surface area (Å²) in [4.78, 5) is 12.9. The van der Waals surface area contributed by atoms with Crippen molar-refractivity contribution in [3.8, 4) is 17.6 Å². The topological polar surface area (TPSA) is 49.7 Å². The third-order valence-corrected chi connectivity index (χ3v) is 11.9. The second-order valence-electron chi connectivity index (χ2n) is 11.1. The molecule has 0 saturated carbocycles. The highest BCUT2D eigenvalue weighted by molar-refractivity contribution is 6.74. The molecule has 6 heteroatoms. The van der Waals surface area contributed by atoms with Gasteiger partial charge in [-0.2, -0.15) is 0 Å². The van der Waals surface area contributed by atoms with Crippen LogP contribution in [0.3, 0.4) is 0 Å². The summed E-state index contributed by atoms with van der Waals surface area (Å²) < 4.78 is 19.3. The van der Waals surface area contributed by atoms with Gasteiger partial charge >= 0.3 is 0 Å². The highest BCUT2D eigenvalue weighted by Crippen LogP contribution is 2.36. The van der Waals surface area contributed by atoms with Crippen molar-refractivity contribution in [2.24, 2.45) is 5.92 Å². The molecule has 0 radical (unpaired) electrons. The lowest BCUT2D eigenvalue weighted by molar-refractivity contribution is 0.0497. The Morgan fingerprint density at radius 3 is 2.40 bits per heavy atom. The van der Waals surface area contributed by atoms with Crippen LogP contribution in [0.2, 0.25) is 18.1 Å². The van der Waals surface area contributed by atoms with Crippen molar-refractivity contribution in [2.45, 2.75) is 71.6 Å². The largest absolute Gasteiger partial charge is 0.493 e. The average Bonchev–Trinajstić information content (AvgIpc) is 2.80. The summed E-state index contributed by atoms with van der Waals surface area (Å²) in [7, 11) is -1.78. The van der Waals surface area contributed by atoms with Crippen LogP contribution in [-0.2, 0) is 9.16 Å². The molecule has 0 N–H and O–H groups in total. The molecule has 1 aliphatic rings. The molecule has 190 valence electrons. The number of hydrogen-bond donors (Lipinski definition) is 0. The first kappa shape index (κ1) is 27.3. The Morgan fingerprint density at radius 2 is 1.80 bits per heavy atom. The monoisotopic (exact) mass is 495 g/mol. The number of aromatic nitrogens is 1. The van der Waals surface area contributed by atoms with Crippen LogP contribution in [0.5, 0.6) is 5.75 Å². The van der Waals surface area contributed by atoms with Crippen LogP contribution in [0.4, 0.5) is 0 Å². The molecule has 35 heavy (non-hydrogen) atoms. The van der Waals surface area contributed by atoms with Crippen molar-refractivity contribution in [3.05, 3.63) is 63.6 Å². The fraction of sp³-hybridized carbons (Fsp3) is 0.552. The van der Waals surface area contributed by atoms with Crippen LogP contribution in [-0.4, -0.2) is 39.3 Å². The van der Waals surface area contributed by atoms with Crippen molar-refractivity contribution in [1.82, 2.24) is 4.57 Å². The van der Waals surface area contributed by atoms with Crippen LogP contribution in [0.15, 0.2) is 41.2 Å². The molecule has 0 unspecified atom stereocenters. The van der Waals surface area contributed by atoms with Crippen molar-refractivity contribution in [3.63, 3.8) is 0 Å². The normalized spacial score (nSPS) is 15.9. The molecule has 2 heterocycles. The highest BCUT2D eigenvalue weighted by Gasteiger charge is 2.36. The molecule has 0 bridgehead atoms. The quantitative estimate of drug-likeness (QED) is 0.352. The van der Waals surface area contributed by atoms with Gasteiger partial charge in [0, 0.05) is 30.5 Å². The van der Waals surface area contributed by atoms with E-state index in [1.54, 1.807) is 6.07 Å². The summed E-state index contributed by atoms with van der Waals surface area (Å²) in [6, 6.07) is 11.6. The Morgan fingerprint density at radius 1 is 1.14 bits per heavy atom. The Bertz CT molecular complexity index is 1100. The third kappa shape index (κ3) is 7.33. The zero-order valence-corrected chi connectivity index (χ0v) is 23.4. The number of aryl methyl sites for hydroxylation is 1. The summed E-state index contributed by atoms with van der Waals surface area (Å²) in [6.07, 6.45) is 2.02. The number of ether oxygens (including phenoxy) is 2. The molecule has 1 aliphatic heterocycles. The van der Waals surface area contributed by atoms with E-state index in [1.165, 1.54) is 0 Å². The summed E-state index contributed by atoms with van der Waals surface area (Å²) in [5.74, 6) is 7.49. The van der Waals surface area contributed by atoms with Crippen LogP contribution >= 0.6 is 0 Å². The number of pyridine rings is 1. The minimum absolute atomic E-state index is 0.0499. The van der Waals surface area contributed by atoms with E-state index in [4.69, 9.17) is 13.9 Å². The molecule has 0 amide bonds. The number of rotatable bonds is 7. The number of benzene rings is 1. The second-order valence-corrected chi connectivity index (χ2v) is 15.9. The molecule has 5 nitrogen and oxygen atoms in total. The lowest BCUT2D eigenvalue weighted by atomic mass is 10.0. The number of hydrogen-bond acceptors (Lipinski definition) is 4.